The van der Waals surface area contributed by atoms with Gasteiger partial charge in [0.2, 0.25) is 5.13 Å². The smallest absolute Gasteiger partial charge is 0.203 e. The zero-order chi connectivity index (χ0) is 19.9. The molecule has 6 heteroatoms. The van der Waals surface area contributed by atoms with Crippen LogP contribution in [0.15, 0.2) is 89.3 Å². The molecule has 3 aromatic carbocycles. The second-order valence-corrected chi connectivity index (χ2v) is 7.12. The molecule has 0 radical (unpaired) electrons. The summed E-state index contributed by atoms with van der Waals surface area (Å²) in [7, 11) is 0. The third-order valence-corrected chi connectivity index (χ3v) is 4.88. The van der Waals surface area contributed by atoms with Crippen molar-refractivity contribution in [3.05, 3.63) is 101 Å². The molecular formula is C23H18FN3OS. The topological polar surface area (TPSA) is 46.5 Å². The molecule has 0 amide bonds. The Morgan fingerprint density at radius 1 is 1.00 bits per heavy atom. The van der Waals surface area contributed by atoms with Crippen molar-refractivity contribution < 1.29 is 9.13 Å². The Labute approximate surface area is 172 Å². The number of anilines is 1. The van der Waals surface area contributed by atoms with Crippen LogP contribution < -0.4 is 10.2 Å². The van der Waals surface area contributed by atoms with E-state index in [0.717, 1.165) is 27.5 Å². The second kappa shape index (κ2) is 9.12. The van der Waals surface area contributed by atoms with Crippen LogP contribution in [0.2, 0.25) is 0 Å². The predicted molar refractivity (Wildman–Crippen MR) is 116 cm³/mol. The number of halogens is 1. The number of hydrogen-bond acceptors (Lipinski definition) is 5. The normalized spacial score (nSPS) is 10.9. The number of nitrogens with zero attached hydrogens (tertiary/aromatic N) is 2. The van der Waals surface area contributed by atoms with Crippen molar-refractivity contribution in [3.63, 3.8) is 0 Å². The van der Waals surface area contributed by atoms with Gasteiger partial charge in [-0.05, 0) is 23.3 Å². The van der Waals surface area contributed by atoms with E-state index in [9.17, 15) is 4.39 Å². The number of ether oxygens (including phenoxy) is 1. The molecule has 4 nitrogen and oxygen atoms in total. The molecule has 0 aliphatic rings. The van der Waals surface area contributed by atoms with Gasteiger partial charge in [0, 0.05) is 17.0 Å². The molecule has 4 aromatic rings. The number of hydrazone groups is 1. The van der Waals surface area contributed by atoms with E-state index < -0.39 is 0 Å². The molecular weight excluding hydrogens is 385 g/mol. The van der Waals surface area contributed by atoms with Crippen molar-refractivity contribution in [2.75, 3.05) is 5.43 Å². The van der Waals surface area contributed by atoms with Gasteiger partial charge in [0.05, 0.1) is 11.9 Å². The quantitative estimate of drug-likeness (QED) is 0.305. The van der Waals surface area contributed by atoms with Gasteiger partial charge in [-0.25, -0.2) is 9.37 Å². The minimum Gasteiger partial charge on any atom is -0.489 e. The highest BCUT2D eigenvalue weighted by atomic mass is 32.1. The standard InChI is InChI=1S/C23H18FN3OS/c24-20-7-4-8-21(13-20)28-15-18-11-9-17(10-12-18)14-25-27-23-26-22(16-29-23)19-5-2-1-3-6-19/h1-14,16H,15H2,(H,26,27). The van der Waals surface area contributed by atoms with Crippen molar-refractivity contribution in [2.45, 2.75) is 6.61 Å². The Hall–Kier alpha value is -3.51. The van der Waals surface area contributed by atoms with Gasteiger partial charge in [0.15, 0.2) is 0 Å². The molecule has 1 aromatic heterocycles. The van der Waals surface area contributed by atoms with Crippen LogP contribution in [0.25, 0.3) is 11.3 Å². The largest absolute Gasteiger partial charge is 0.489 e. The molecule has 0 atom stereocenters. The highest BCUT2D eigenvalue weighted by Gasteiger charge is 2.03. The minimum atomic E-state index is -0.308. The van der Waals surface area contributed by atoms with E-state index in [0.29, 0.717) is 12.4 Å². The molecule has 4 rings (SSSR count). The summed E-state index contributed by atoms with van der Waals surface area (Å²) in [6.07, 6.45) is 1.74. The fourth-order valence-electron chi connectivity index (χ4n) is 2.65. The molecule has 0 aliphatic carbocycles. The fourth-order valence-corrected chi connectivity index (χ4v) is 3.32. The molecule has 29 heavy (non-hydrogen) atoms. The molecule has 0 saturated carbocycles. The van der Waals surface area contributed by atoms with Gasteiger partial charge in [0.25, 0.3) is 0 Å². The van der Waals surface area contributed by atoms with Crippen LogP contribution in [0.1, 0.15) is 11.1 Å². The average molecular weight is 403 g/mol. The van der Waals surface area contributed by atoms with Gasteiger partial charge >= 0.3 is 0 Å². The number of rotatable bonds is 7. The first-order valence-electron chi connectivity index (χ1n) is 9.03. The van der Waals surface area contributed by atoms with Crippen molar-refractivity contribution >= 4 is 22.7 Å². The maximum absolute atomic E-state index is 13.2. The van der Waals surface area contributed by atoms with Crippen LogP contribution >= 0.6 is 11.3 Å². The van der Waals surface area contributed by atoms with Gasteiger partial charge in [-0.1, -0.05) is 60.7 Å². The Balaban J connectivity index is 1.31. The number of hydrogen-bond donors (Lipinski definition) is 1. The number of nitrogens with one attached hydrogen (secondary N) is 1. The van der Waals surface area contributed by atoms with E-state index in [1.165, 1.54) is 23.5 Å². The molecule has 0 spiro atoms. The van der Waals surface area contributed by atoms with Crippen molar-refractivity contribution in [3.8, 4) is 17.0 Å². The van der Waals surface area contributed by atoms with Crippen molar-refractivity contribution in [1.82, 2.24) is 4.98 Å². The van der Waals surface area contributed by atoms with Crippen LogP contribution in [0.5, 0.6) is 5.75 Å². The lowest BCUT2D eigenvalue weighted by Gasteiger charge is -2.06. The van der Waals surface area contributed by atoms with Crippen LogP contribution in [-0.2, 0) is 6.61 Å². The molecule has 0 bridgehead atoms. The van der Waals surface area contributed by atoms with Crippen molar-refractivity contribution in [1.29, 1.82) is 0 Å². The van der Waals surface area contributed by atoms with E-state index in [4.69, 9.17) is 4.74 Å². The van der Waals surface area contributed by atoms with E-state index in [1.54, 1.807) is 18.3 Å². The Morgan fingerprint density at radius 3 is 2.62 bits per heavy atom. The van der Waals surface area contributed by atoms with Gasteiger partial charge in [-0.3, -0.25) is 5.43 Å². The van der Waals surface area contributed by atoms with Gasteiger partial charge in [-0.15, -0.1) is 11.3 Å². The first-order valence-corrected chi connectivity index (χ1v) is 9.91. The third kappa shape index (κ3) is 5.27. The SMILES string of the molecule is Fc1cccc(OCc2ccc(C=NNc3nc(-c4ccccc4)cs3)cc2)c1. The van der Waals surface area contributed by atoms with E-state index in [1.807, 2.05) is 60.0 Å². The van der Waals surface area contributed by atoms with Gasteiger partial charge in [0.1, 0.15) is 18.2 Å². The van der Waals surface area contributed by atoms with E-state index >= 15 is 0 Å². The lowest BCUT2D eigenvalue weighted by atomic mass is 10.1. The summed E-state index contributed by atoms with van der Waals surface area (Å²) in [5.74, 6) is 0.204. The van der Waals surface area contributed by atoms with Crippen LogP contribution in [0.3, 0.4) is 0 Å². The maximum atomic E-state index is 13.2. The second-order valence-electron chi connectivity index (χ2n) is 6.26. The average Bonchev–Trinajstić information content (AvgIpc) is 3.23. The molecule has 1 N–H and O–H groups in total. The molecule has 0 unspecified atom stereocenters. The highest BCUT2D eigenvalue weighted by Crippen LogP contribution is 2.24. The molecule has 0 aliphatic heterocycles. The number of thiazole rings is 1. The fraction of sp³-hybridized carbons (Fsp3) is 0.0435. The molecule has 1 heterocycles. The third-order valence-electron chi connectivity index (χ3n) is 4.13. The summed E-state index contributed by atoms with van der Waals surface area (Å²) in [4.78, 5) is 4.54. The summed E-state index contributed by atoms with van der Waals surface area (Å²) in [6.45, 7) is 0.376. The van der Waals surface area contributed by atoms with E-state index in [2.05, 4.69) is 15.5 Å². The van der Waals surface area contributed by atoms with Crippen LogP contribution in [0.4, 0.5) is 9.52 Å². The lowest BCUT2D eigenvalue weighted by Crippen LogP contribution is -1.96. The summed E-state index contributed by atoms with van der Waals surface area (Å²) in [6, 6.07) is 24.0. The van der Waals surface area contributed by atoms with E-state index in [-0.39, 0.29) is 5.82 Å². The Morgan fingerprint density at radius 2 is 1.83 bits per heavy atom. The Kier molecular flexibility index (Phi) is 5.92. The first-order chi connectivity index (χ1) is 14.3. The Bertz CT molecular complexity index is 1090. The number of benzene rings is 3. The van der Waals surface area contributed by atoms with Crippen LogP contribution in [0, 0.1) is 5.82 Å². The predicted octanol–water partition coefficient (Wildman–Crippen LogP) is 5.97. The zero-order valence-corrected chi connectivity index (χ0v) is 16.3. The summed E-state index contributed by atoms with van der Waals surface area (Å²) < 4.78 is 18.8. The first kappa shape index (κ1) is 18.8. The molecule has 144 valence electrons. The summed E-state index contributed by atoms with van der Waals surface area (Å²) in [5.41, 5.74) is 6.92. The maximum Gasteiger partial charge on any atom is 0.203 e. The molecule has 0 saturated heterocycles. The highest BCUT2D eigenvalue weighted by molar-refractivity contribution is 7.14. The zero-order valence-electron chi connectivity index (χ0n) is 15.5. The van der Waals surface area contributed by atoms with Crippen LogP contribution in [-0.4, -0.2) is 11.2 Å². The molecule has 0 fully saturated rings. The van der Waals surface area contributed by atoms with Gasteiger partial charge in [-0.2, -0.15) is 5.10 Å². The summed E-state index contributed by atoms with van der Waals surface area (Å²) >= 11 is 1.51. The monoisotopic (exact) mass is 403 g/mol. The lowest BCUT2D eigenvalue weighted by molar-refractivity contribution is 0.304. The van der Waals surface area contributed by atoms with Gasteiger partial charge < -0.3 is 4.74 Å². The van der Waals surface area contributed by atoms with Crippen molar-refractivity contribution in [2.24, 2.45) is 5.10 Å². The summed E-state index contributed by atoms with van der Waals surface area (Å²) in [5, 5.41) is 6.99. The number of aromatic nitrogens is 1. The minimum absolute atomic E-state index is 0.308.